The number of amides is 1. The molecule has 3 aromatic carbocycles. The number of ether oxygens (including phenoxy) is 5. The molecule has 66 heavy (non-hydrogen) atoms. The van der Waals surface area contributed by atoms with E-state index in [4.69, 9.17) is 33.7 Å². The number of aliphatic hydroxyl groups is 3. The third kappa shape index (κ3) is 10.8. The van der Waals surface area contributed by atoms with Crippen LogP contribution >= 0.6 is 0 Å². The Hall–Kier alpha value is -5.65. The summed E-state index contributed by atoms with van der Waals surface area (Å²) in [4.78, 5) is 45.5. The Bertz CT molecular complexity index is 2230. The summed E-state index contributed by atoms with van der Waals surface area (Å²) >= 11 is 0. The highest BCUT2D eigenvalue weighted by Gasteiger charge is 2.66. The third-order valence-electron chi connectivity index (χ3n) is 13.1. The lowest BCUT2D eigenvalue weighted by molar-refractivity contribution is -0.384. The number of methoxy groups -OCH3 is 1. The number of nitro groups is 1. The van der Waals surface area contributed by atoms with Gasteiger partial charge in [0.05, 0.1) is 55.7 Å². The fraction of sp³-hybridized carbons (Fsp3) is 0.500. The second kappa shape index (κ2) is 22.7. The number of nitrogens with zero attached hydrogens (tertiary/aromatic N) is 3. The van der Waals surface area contributed by atoms with Crippen LogP contribution in [0.3, 0.4) is 0 Å². The quantitative estimate of drug-likeness (QED) is 0.0238. The van der Waals surface area contributed by atoms with Gasteiger partial charge in [-0.3, -0.25) is 19.7 Å². The molecule has 0 radical (unpaired) electrons. The molecule has 354 valence electrons. The molecule has 4 aliphatic rings. The molecule has 1 amide bonds. The van der Waals surface area contributed by atoms with Crippen molar-refractivity contribution in [2.24, 2.45) is 28.8 Å². The van der Waals surface area contributed by atoms with E-state index in [0.29, 0.717) is 59.0 Å². The number of fused-ring (bicyclic) bond motifs is 2. The monoisotopic (exact) mass is 911 g/mol. The molecule has 0 bridgehead atoms. The van der Waals surface area contributed by atoms with Gasteiger partial charge in [0, 0.05) is 55.7 Å². The van der Waals surface area contributed by atoms with Crippen LogP contribution in [0.5, 0.6) is 23.0 Å². The van der Waals surface area contributed by atoms with Crippen molar-refractivity contribution in [2.45, 2.75) is 82.1 Å². The first-order chi connectivity index (χ1) is 32.2. The van der Waals surface area contributed by atoms with Crippen molar-refractivity contribution in [3.63, 3.8) is 0 Å². The number of oxime groups is 1. The predicted molar refractivity (Wildman–Crippen MR) is 244 cm³/mol. The zero-order valence-corrected chi connectivity index (χ0v) is 37.5. The second-order valence-corrected chi connectivity index (χ2v) is 17.2. The van der Waals surface area contributed by atoms with E-state index in [-0.39, 0.29) is 94.5 Å². The SMILES string of the molecule is C=CCOC12Oc3ccc(Oc4ccc(OC)c(C=O)c4)cc3C3C(CCCCO)C(CCCCO)C=C(C(=NOCc4ccc([N+](=O)[O-])cc4)CC1N(CCOCCO)C(=O)C1CC1)C32. The van der Waals surface area contributed by atoms with E-state index in [2.05, 4.69) is 12.7 Å². The number of hydrogen-bond acceptors (Lipinski definition) is 14. The minimum atomic E-state index is -1.49. The average molecular weight is 912 g/mol. The molecular formula is C50H61N3O13. The maximum atomic E-state index is 14.6. The fourth-order valence-corrected chi connectivity index (χ4v) is 9.93. The molecule has 1 heterocycles. The van der Waals surface area contributed by atoms with Crippen LogP contribution in [0.2, 0.25) is 0 Å². The first kappa shape index (κ1) is 48.3. The number of aliphatic hydroxyl groups excluding tert-OH is 3. The van der Waals surface area contributed by atoms with Gasteiger partial charge in [-0.05, 0) is 110 Å². The number of rotatable bonds is 26. The summed E-state index contributed by atoms with van der Waals surface area (Å²) in [6.07, 6.45) is 10.5. The molecule has 6 atom stereocenters. The van der Waals surface area contributed by atoms with Gasteiger partial charge in [0.15, 0.2) is 6.29 Å². The van der Waals surface area contributed by atoms with E-state index >= 15 is 0 Å². The van der Waals surface area contributed by atoms with E-state index in [1.54, 1.807) is 42.5 Å². The van der Waals surface area contributed by atoms with Crippen molar-refractivity contribution in [1.82, 2.24) is 4.90 Å². The van der Waals surface area contributed by atoms with Gasteiger partial charge in [0.2, 0.25) is 11.7 Å². The summed E-state index contributed by atoms with van der Waals surface area (Å²) in [5.74, 6) is -0.812. The molecule has 0 spiro atoms. The molecule has 3 aliphatic carbocycles. The van der Waals surface area contributed by atoms with Gasteiger partial charge in [-0.2, -0.15) is 0 Å². The van der Waals surface area contributed by atoms with Gasteiger partial charge in [-0.15, -0.1) is 6.58 Å². The van der Waals surface area contributed by atoms with Gasteiger partial charge in [-0.1, -0.05) is 30.1 Å². The lowest BCUT2D eigenvalue weighted by Gasteiger charge is -2.60. The van der Waals surface area contributed by atoms with Crippen LogP contribution < -0.4 is 14.2 Å². The third-order valence-corrected chi connectivity index (χ3v) is 13.1. The summed E-state index contributed by atoms with van der Waals surface area (Å²) in [5, 5.41) is 45.7. The number of carbonyl (C=O) groups excluding carboxylic acids is 2. The lowest BCUT2D eigenvalue weighted by Crippen LogP contribution is -2.70. The molecule has 2 saturated carbocycles. The van der Waals surface area contributed by atoms with Gasteiger partial charge in [-0.25, -0.2) is 0 Å². The Morgan fingerprint density at radius 1 is 0.985 bits per heavy atom. The minimum absolute atomic E-state index is 0.0201. The maximum absolute atomic E-state index is 14.6. The van der Waals surface area contributed by atoms with Crippen molar-refractivity contribution >= 4 is 23.6 Å². The van der Waals surface area contributed by atoms with Gasteiger partial charge >= 0.3 is 0 Å². The molecule has 16 heteroatoms. The standard InChI is InChI=1S/C50H61N3O13/c1-3-24-63-50-46(52(20-25-62-26-23-56)49(58)34-12-13-34)30-43(51-64-32-33-10-14-37(15-11-33)53(59)60)41-28-35(8-4-6-21-54)40(9-5-7-22-55)47(48(41)50)42-29-39(17-19-45(42)66-50)65-38-16-18-44(61-2)36(27-38)31-57/h3,10-11,14-19,27-29,31,34-35,40,46-48,54-56H,1,4-9,12-13,20-26,30,32H2,2H3. The summed E-state index contributed by atoms with van der Waals surface area (Å²) in [5.41, 5.74) is 3.26. The number of benzene rings is 3. The zero-order chi connectivity index (χ0) is 46.6. The predicted octanol–water partition coefficient (Wildman–Crippen LogP) is 7.29. The van der Waals surface area contributed by atoms with Gasteiger partial charge in [0.25, 0.3) is 5.69 Å². The highest BCUT2D eigenvalue weighted by atomic mass is 16.7. The van der Waals surface area contributed by atoms with Crippen molar-refractivity contribution in [3.05, 3.63) is 112 Å². The maximum Gasteiger partial charge on any atom is 0.269 e. The summed E-state index contributed by atoms with van der Waals surface area (Å²) in [6, 6.07) is 16.0. The van der Waals surface area contributed by atoms with E-state index in [9.17, 15) is 35.0 Å². The number of non-ortho nitro benzene ring substituents is 1. The number of unbranched alkanes of at least 4 members (excludes halogenated alkanes) is 2. The van der Waals surface area contributed by atoms with Crippen molar-refractivity contribution in [1.29, 1.82) is 0 Å². The number of aldehydes is 1. The number of carbonyl (C=O) groups is 2. The Balaban J connectivity index is 1.41. The molecule has 6 unspecified atom stereocenters. The highest BCUT2D eigenvalue weighted by molar-refractivity contribution is 6.03. The number of nitro benzene ring substituents is 1. The normalized spacial score (nSPS) is 23.4. The first-order valence-electron chi connectivity index (χ1n) is 22.9. The van der Waals surface area contributed by atoms with Gasteiger partial charge in [0.1, 0.15) is 35.6 Å². The Morgan fingerprint density at radius 3 is 2.41 bits per heavy atom. The van der Waals surface area contributed by atoms with Crippen molar-refractivity contribution in [2.75, 3.05) is 53.3 Å². The smallest absolute Gasteiger partial charge is 0.269 e. The van der Waals surface area contributed by atoms with Crippen LogP contribution in [0.4, 0.5) is 5.69 Å². The fourth-order valence-electron chi connectivity index (χ4n) is 9.93. The van der Waals surface area contributed by atoms with Gasteiger partial charge < -0.3 is 48.7 Å². The van der Waals surface area contributed by atoms with Crippen LogP contribution in [-0.2, 0) is 25.7 Å². The van der Waals surface area contributed by atoms with Crippen LogP contribution in [-0.4, -0.2) is 108 Å². The van der Waals surface area contributed by atoms with Crippen LogP contribution in [0.1, 0.15) is 85.2 Å². The van der Waals surface area contributed by atoms with E-state index in [0.717, 1.165) is 49.7 Å². The molecule has 1 aliphatic heterocycles. The summed E-state index contributed by atoms with van der Waals surface area (Å²) in [7, 11) is 1.50. The van der Waals surface area contributed by atoms with E-state index < -0.39 is 22.7 Å². The number of hydrogen-bond donors (Lipinski definition) is 3. The van der Waals surface area contributed by atoms with Crippen LogP contribution in [0.25, 0.3) is 0 Å². The Morgan fingerprint density at radius 2 is 1.73 bits per heavy atom. The Labute approximate surface area is 384 Å². The average Bonchev–Trinajstić information content (AvgIpc) is 4.19. The molecule has 2 fully saturated rings. The number of allylic oxidation sites excluding steroid dienone is 1. The topological polar surface area (TPSA) is 209 Å². The molecule has 16 nitrogen and oxygen atoms in total. The van der Waals surface area contributed by atoms with Crippen LogP contribution in [0.15, 0.2) is 90.1 Å². The second-order valence-electron chi connectivity index (χ2n) is 17.2. The van der Waals surface area contributed by atoms with E-state index in [1.165, 1.54) is 19.2 Å². The Kier molecular flexibility index (Phi) is 16.6. The summed E-state index contributed by atoms with van der Waals surface area (Å²) < 4.78 is 32.0. The lowest BCUT2D eigenvalue weighted by atomic mass is 9.55. The molecule has 3 N–H and O–H groups in total. The molecule has 3 aromatic rings. The van der Waals surface area contributed by atoms with E-state index in [1.807, 2.05) is 17.0 Å². The molecule has 0 saturated heterocycles. The molecular weight excluding hydrogens is 851 g/mol. The first-order valence-corrected chi connectivity index (χ1v) is 22.9. The minimum Gasteiger partial charge on any atom is -0.496 e. The van der Waals surface area contributed by atoms with Crippen LogP contribution in [0, 0.1) is 33.8 Å². The molecule has 0 aromatic heterocycles. The van der Waals surface area contributed by atoms with Crippen molar-refractivity contribution in [3.8, 4) is 23.0 Å². The highest BCUT2D eigenvalue weighted by Crippen LogP contribution is 2.62. The van der Waals surface area contributed by atoms with Crippen molar-refractivity contribution < 1.29 is 58.4 Å². The summed E-state index contributed by atoms with van der Waals surface area (Å²) in [6.45, 7) is 4.47. The largest absolute Gasteiger partial charge is 0.496 e. The zero-order valence-electron chi connectivity index (χ0n) is 37.5. The molecule has 7 rings (SSSR count).